The Balaban J connectivity index is 2.50. The molecule has 1 aliphatic carbocycles. The molecule has 0 saturated heterocycles. The zero-order valence-electron chi connectivity index (χ0n) is 9.04. The molecule has 2 atom stereocenters. The number of amides is 1. The van der Waals surface area contributed by atoms with Gasteiger partial charge in [-0.15, -0.1) is 0 Å². The van der Waals surface area contributed by atoms with Gasteiger partial charge in [-0.1, -0.05) is 24.3 Å². The van der Waals surface area contributed by atoms with Gasteiger partial charge in [0.1, 0.15) is 5.25 Å². The molecule has 0 spiro atoms. The van der Waals surface area contributed by atoms with Gasteiger partial charge >= 0.3 is 0 Å². The van der Waals surface area contributed by atoms with Gasteiger partial charge in [0.25, 0.3) is 10.1 Å². The van der Waals surface area contributed by atoms with Gasteiger partial charge in [-0.3, -0.25) is 9.35 Å². The molecule has 0 bridgehead atoms. The summed E-state index contributed by atoms with van der Waals surface area (Å²) < 4.78 is 31.9. The Labute approximate surface area is 99.4 Å². The molecule has 0 fully saturated rings. The number of carbonyl (C=O) groups is 1. The highest BCUT2D eigenvalue weighted by atomic mass is 32.2. The Hall–Kier alpha value is -1.40. The minimum absolute atomic E-state index is 0.0468. The fraction of sp³-hybridized carbons (Fsp3) is 0.364. The van der Waals surface area contributed by atoms with Gasteiger partial charge in [-0.05, 0) is 24.0 Å². The summed E-state index contributed by atoms with van der Waals surface area (Å²) in [5, 5.41) is -1.05. The van der Waals surface area contributed by atoms with E-state index >= 15 is 0 Å². The average molecular weight is 255 g/mol. The van der Waals surface area contributed by atoms with Gasteiger partial charge < -0.3 is 5.73 Å². The normalized spacial score (nSPS) is 24.1. The first-order valence-electron chi connectivity index (χ1n) is 5.23. The molecule has 17 heavy (non-hydrogen) atoms. The zero-order valence-corrected chi connectivity index (χ0v) is 9.85. The van der Waals surface area contributed by atoms with E-state index in [4.69, 9.17) is 5.73 Å². The first-order valence-corrected chi connectivity index (χ1v) is 6.73. The van der Waals surface area contributed by atoms with E-state index in [0.29, 0.717) is 12.0 Å². The van der Waals surface area contributed by atoms with Crippen LogP contribution in [0.1, 0.15) is 22.8 Å². The smallest absolute Gasteiger partial charge is 0.272 e. The average Bonchev–Trinajstić information content (AvgIpc) is 2.26. The van der Waals surface area contributed by atoms with Crippen LogP contribution in [0.2, 0.25) is 0 Å². The van der Waals surface area contributed by atoms with Crippen LogP contribution in [0, 0.1) is 5.92 Å². The largest absolute Gasteiger partial charge is 0.369 e. The molecule has 5 nitrogen and oxygen atoms in total. The molecule has 1 amide bonds. The highest BCUT2D eigenvalue weighted by molar-refractivity contribution is 7.86. The predicted molar refractivity (Wildman–Crippen MR) is 61.7 cm³/mol. The molecule has 6 heteroatoms. The SMILES string of the molecule is NC(=O)C1Cc2ccccc2C(S(=O)(=O)O)C1. The Bertz CT molecular complexity index is 552. The molecule has 1 aromatic rings. The molecule has 2 unspecified atom stereocenters. The van der Waals surface area contributed by atoms with Crippen molar-refractivity contribution < 1.29 is 17.8 Å². The second-order valence-corrected chi connectivity index (χ2v) is 5.84. The van der Waals surface area contributed by atoms with E-state index in [1.165, 1.54) is 0 Å². The fourth-order valence-electron chi connectivity index (χ4n) is 2.27. The van der Waals surface area contributed by atoms with Crippen LogP contribution in [0.3, 0.4) is 0 Å². The summed E-state index contributed by atoms with van der Waals surface area (Å²) in [6.07, 6.45) is 0.475. The summed E-state index contributed by atoms with van der Waals surface area (Å²) >= 11 is 0. The van der Waals surface area contributed by atoms with Crippen LogP contribution in [0.5, 0.6) is 0 Å². The molecular formula is C11H13NO4S. The fourth-order valence-corrected chi connectivity index (χ4v) is 3.29. The molecule has 0 aliphatic heterocycles. The third-order valence-electron chi connectivity index (χ3n) is 3.13. The second-order valence-electron chi connectivity index (χ2n) is 4.24. The van der Waals surface area contributed by atoms with Crippen molar-refractivity contribution in [2.45, 2.75) is 18.1 Å². The van der Waals surface area contributed by atoms with Crippen molar-refractivity contribution in [2.75, 3.05) is 0 Å². The van der Waals surface area contributed by atoms with Crippen molar-refractivity contribution in [3.05, 3.63) is 35.4 Å². The number of nitrogens with two attached hydrogens (primary N) is 1. The van der Waals surface area contributed by atoms with Crippen LogP contribution in [-0.4, -0.2) is 18.9 Å². The van der Waals surface area contributed by atoms with Gasteiger partial charge in [0, 0.05) is 5.92 Å². The molecule has 1 aromatic carbocycles. The number of primary amides is 1. The maximum atomic E-state index is 11.3. The Morgan fingerprint density at radius 1 is 1.35 bits per heavy atom. The maximum absolute atomic E-state index is 11.3. The first kappa shape index (κ1) is 12.1. The number of hydrogen-bond acceptors (Lipinski definition) is 3. The van der Waals surface area contributed by atoms with Crippen molar-refractivity contribution in [1.82, 2.24) is 0 Å². The van der Waals surface area contributed by atoms with E-state index in [1.54, 1.807) is 24.3 Å². The van der Waals surface area contributed by atoms with Crippen molar-refractivity contribution in [3.8, 4) is 0 Å². The van der Waals surface area contributed by atoms with Crippen LogP contribution in [0.4, 0.5) is 0 Å². The van der Waals surface area contributed by atoms with Crippen LogP contribution < -0.4 is 5.73 Å². The monoisotopic (exact) mass is 255 g/mol. The van der Waals surface area contributed by atoms with E-state index < -0.39 is 27.2 Å². The summed E-state index contributed by atoms with van der Waals surface area (Å²) in [6.45, 7) is 0. The van der Waals surface area contributed by atoms with Crippen LogP contribution >= 0.6 is 0 Å². The minimum Gasteiger partial charge on any atom is -0.369 e. The molecule has 0 heterocycles. The lowest BCUT2D eigenvalue weighted by Gasteiger charge is -2.27. The highest BCUT2D eigenvalue weighted by Gasteiger charge is 2.36. The zero-order chi connectivity index (χ0) is 12.6. The quantitative estimate of drug-likeness (QED) is 0.759. The number of rotatable bonds is 2. The Morgan fingerprint density at radius 3 is 2.59 bits per heavy atom. The number of fused-ring (bicyclic) bond motifs is 1. The summed E-state index contributed by atoms with van der Waals surface area (Å²) in [4.78, 5) is 11.2. The predicted octanol–water partition coefficient (Wildman–Crippen LogP) is 0.663. The lowest BCUT2D eigenvalue weighted by molar-refractivity contribution is -0.122. The number of carbonyl (C=O) groups excluding carboxylic acids is 1. The van der Waals surface area contributed by atoms with Gasteiger partial charge in [-0.2, -0.15) is 8.42 Å². The van der Waals surface area contributed by atoms with E-state index in [0.717, 1.165) is 5.56 Å². The van der Waals surface area contributed by atoms with Crippen LogP contribution in [-0.2, 0) is 21.3 Å². The van der Waals surface area contributed by atoms with E-state index in [-0.39, 0.29) is 6.42 Å². The lowest BCUT2D eigenvalue weighted by atomic mass is 9.83. The first-order chi connectivity index (χ1) is 7.89. The van der Waals surface area contributed by atoms with E-state index in [9.17, 15) is 17.8 Å². The lowest BCUT2D eigenvalue weighted by Crippen LogP contribution is -2.32. The molecule has 0 saturated carbocycles. The number of benzene rings is 1. The molecule has 0 radical (unpaired) electrons. The van der Waals surface area contributed by atoms with Crippen molar-refractivity contribution in [1.29, 1.82) is 0 Å². The summed E-state index contributed by atoms with van der Waals surface area (Å²) in [5.74, 6) is -1.08. The number of hydrogen-bond donors (Lipinski definition) is 2. The Kier molecular flexibility index (Phi) is 2.92. The van der Waals surface area contributed by atoms with E-state index in [1.807, 2.05) is 0 Å². The van der Waals surface area contributed by atoms with E-state index in [2.05, 4.69) is 0 Å². The van der Waals surface area contributed by atoms with Crippen LogP contribution in [0.25, 0.3) is 0 Å². The summed E-state index contributed by atoms with van der Waals surface area (Å²) in [7, 11) is -4.21. The minimum atomic E-state index is -4.21. The molecule has 2 rings (SSSR count). The van der Waals surface area contributed by atoms with Crippen molar-refractivity contribution in [2.24, 2.45) is 11.7 Å². The van der Waals surface area contributed by atoms with Crippen molar-refractivity contribution in [3.63, 3.8) is 0 Å². The maximum Gasteiger partial charge on any atom is 0.272 e. The van der Waals surface area contributed by atoms with Crippen molar-refractivity contribution >= 4 is 16.0 Å². The van der Waals surface area contributed by atoms with Gasteiger partial charge in [-0.25, -0.2) is 0 Å². The molecule has 0 aromatic heterocycles. The topological polar surface area (TPSA) is 97.5 Å². The van der Waals surface area contributed by atoms with Gasteiger partial charge in [0.05, 0.1) is 0 Å². The summed E-state index contributed by atoms with van der Waals surface area (Å²) in [6, 6.07) is 6.89. The molecule has 92 valence electrons. The highest BCUT2D eigenvalue weighted by Crippen LogP contribution is 2.37. The van der Waals surface area contributed by atoms with Crippen LogP contribution in [0.15, 0.2) is 24.3 Å². The third-order valence-corrected chi connectivity index (χ3v) is 4.29. The standard InChI is InChI=1S/C11H13NO4S/c12-11(13)8-5-7-3-1-2-4-9(7)10(6-8)17(14,15)16/h1-4,8,10H,5-6H2,(H2,12,13)(H,14,15,16). The second kappa shape index (κ2) is 4.12. The molecule has 1 aliphatic rings. The Morgan fingerprint density at radius 2 is 2.00 bits per heavy atom. The molecular weight excluding hydrogens is 242 g/mol. The third kappa shape index (κ3) is 2.32. The van der Waals surface area contributed by atoms with Gasteiger partial charge in [0.15, 0.2) is 0 Å². The molecule has 3 N–H and O–H groups in total. The van der Waals surface area contributed by atoms with Gasteiger partial charge in [0.2, 0.25) is 5.91 Å². The summed E-state index contributed by atoms with van der Waals surface area (Å²) in [5.41, 5.74) is 6.53.